The molecule has 0 amide bonds. The van der Waals surface area contributed by atoms with Crippen LogP contribution in [0.2, 0.25) is 0 Å². The Bertz CT molecular complexity index is 432. The minimum Gasteiger partial charge on any atom is -0.309 e. The molecule has 94 valence electrons. The number of halogens is 2. The lowest BCUT2D eigenvalue weighted by atomic mass is 9.90. The van der Waals surface area contributed by atoms with Crippen LogP contribution in [-0.4, -0.2) is 11.3 Å². The summed E-state index contributed by atoms with van der Waals surface area (Å²) in [7, 11) is 0. The van der Waals surface area contributed by atoms with Crippen molar-refractivity contribution >= 4 is 11.8 Å². The van der Waals surface area contributed by atoms with Crippen molar-refractivity contribution < 1.29 is 8.78 Å². The molecule has 1 nitrogen and oxygen atoms in total. The molecule has 0 radical (unpaired) electrons. The third kappa shape index (κ3) is 2.33. The van der Waals surface area contributed by atoms with Gasteiger partial charge in [-0.15, -0.1) is 11.8 Å². The highest BCUT2D eigenvalue weighted by Crippen LogP contribution is 2.46. The predicted octanol–water partition coefficient (Wildman–Crippen LogP) is 3.64. The number of fused-ring (bicyclic) bond motifs is 1. The van der Waals surface area contributed by atoms with Gasteiger partial charge in [0, 0.05) is 28.2 Å². The molecular weight excluding hydrogens is 240 g/mol. The van der Waals surface area contributed by atoms with Crippen LogP contribution in [0.15, 0.2) is 12.1 Å². The van der Waals surface area contributed by atoms with Gasteiger partial charge in [0.05, 0.1) is 0 Å². The highest BCUT2D eigenvalue weighted by molar-refractivity contribution is 8.00. The summed E-state index contributed by atoms with van der Waals surface area (Å²) in [6.45, 7) is 6.95. The maximum atomic E-state index is 14.0. The minimum atomic E-state index is -0.489. The molecule has 1 aromatic carbocycles. The molecule has 1 aliphatic heterocycles. The van der Waals surface area contributed by atoms with Crippen molar-refractivity contribution in [3.63, 3.8) is 0 Å². The zero-order valence-electron chi connectivity index (χ0n) is 10.3. The maximum Gasteiger partial charge on any atom is 0.131 e. The Kier molecular flexibility index (Phi) is 3.46. The van der Waals surface area contributed by atoms with E-state index < -0.39 is 11.6 Å². The highest BCUT2D eigenvalue weighted by Gasteiger charge is 2.38. The minimum absolute atomic E-state index is 0.0677. The van der Waals surface area contributed by atoms with E-state index in [1.165, 1.54) is 6.07 Å². The van der Waals surface area contributed by atoms with Crippen LogP contribution < -0.4 is 5.32 Å². The smallest absolute Gasteiger partial charge is 0.131 e. The van der Waals surface area contributed by atoms with Crippen LogP contribution >= 0.6 is 11.8 Å². The summed E-state index contributed by atoms with van der Waals surface area (Å²) in [5, 5.41) is 3.31. The Morgan fingerprint density at radius 2 is 2.12 bits per heavy atom. The fraction of sp³-hybridized carbons (Fsp3) is 0.538. The Hall–Kier alpha value is -0.610. The number of hydrogen-bond donors (Lipinski definition) is 1. The lowest BCUT2D eigenvalue weighted by Gasteiger charge is -2.40. The van der Waals surface area contributed by atoms with Crippen LogP contribution in [0.3, 0.4) is 0 Å². The maximum absolute atomic E-state index is 14.0. The van der Waals surface area contributed by atoms with Gasteiger partial charge >= 0.3 is 0 Å². The van der Waals surface area contributed by atoms with Crippen molar-refractivity contribution in [1.29, 1.82) is 0 Å². The van der Waals surface area contributed by atoms with Gasteiger partial charge in [0.15, 0.2) is 0 Å². The molecule has 0 spiro atoms. The second-order valence-electron chi connectivity index (χ2n) is 4.84. The zero-order chi connectivity index (χ0) is 12.6. The first-order valence-corrected chi connectivity index (χ1v) is 6.79. The first kappa shape index (κ1) is 12.8. The third-order valence-corrected chi connectivity index (χ3v) is 4.61. The first-order valence-electron chi connectivity index (χ1n) is 5.81. The van der Waals surface area contributed by atoms with Crippen molar-refractivity contribution in [2.24, 2.45) is 0 Å². The van der Waals surface area contributed by atoms with Crippen LogP contribution in [0.1, 0.15) is 37.9 Å². The first-order chi connectivity index (χ1) is 7.95. The number of hydrogen-bond acceptors (Lipinski definition) is 2. The van der Waals surface area contributed by atoms with Crippen LogP contribution in [0, 0.1) is 11.6 Å². The molecule has 1 heterocycles. The van der Waals surface area contributed by atoms with Gasteiger partial charge in [-0.3, -0.25) is 0 Å². The largest absolute Gasteiger partial charge is 0.309 e. The summed E-state index contributed by atoms with van der Waals surface area (Å²) >= 11 is 1.73. The number of nitrogens with one attached hydrogen (secondary N) is 1. The van der Waals surface area contributed by atoms with E-state index in [0.29, 0.717) is 11.3 Å². The monoisotopic (exact) mass is 257 g/mol. The van der Waals surface area contributed by atoms with Crippen LogP contribution in [0.4, 0.5) is 8.78 Å². The molecule has 0 saturated heterocycles. The summed E-state index contributed by atoms with van der Waals surface area (Å²) < 4.78 is 27.1. The molecule has 0 fully saturated rings. The Balaban J connectivity index is 2.52. The molecule has 1 aromatic rings. The number of rotatable bonds is 2. The van der Waals surface area contributed by atoms with Crippen LogP contribution in [-0.2, 0) is 5.75 Å². The van der Waals surface area contributed by atoms with Crippen molar-refractivity contribution in [3.8, 4) is 0 Å². The quantitative estimate of drug-likeness (QED) is 0.868. The lowest BCUT2D eigenvalue weighted by molar-refractivity contribution is 0.426. The summed E-state index contributed by atoms with van der Waals surface area (Å²) in [6.07, 6.45) is 0. The van der Waals surface area contributed by atoms with Crippen molar-refractivity contribution in [1.82, 2.24) is 5.32 Å². The molecule has 1 N–H and O–H groups in total. The van der Waals surface area contributed by atoms with E-state index in [9.17, 15) is 8.78 Å². The lowest BCUT2D eigenvalue weighted by Crippen LogP contribution is -2.40. The second kappa shape index (κ2) is 4.58. The van der Waals surface area contributed by atoms with E-state index in [2.05, 4.69) is 19.2 Å². The summed E-state index contributed by atoms with van der Waals surface area (Å²) in [5.74, 6) is -0.255. The predicted molar refractivity (Wildman–Crippen MR) is 68.1 cm³/mol. The molecule has 2 rings (SSSR count). The van der Waals surface area contributed by atoms with Crippen LogP contribution in [0.5, 0.6) is 0 Å². The molecule has 0 saturated carbocycles. The van der Waals surface area contributed by atoms with Gasteiger partial charge in [-0.1, -0.05) is 6.92 Å². The topological polar surface area (TPSA) is 12.0 Å². The summed E-state index contributed by atoms with van der Waals surface area (Å²) in [6, 6.07) is 2.36. The third-order valence-electron chi connectivity index (χ3n) is 3.17. The molecular formula is C13H17F2NS. The summed E-state index contributed by atoms with van der Waals surface area (Å²) in [4.78, 5) is 0. The molecule has 0 bridgehead atoms. The molecule has 17 heavy (non-hydrogen) atoms. The highest BCUT2D eigenvalue weighted by atomic mass is 32.2. The molecule has 1 aliphatic rings. The Morgan fingerprint density at radius 1 is 1.41 bits per heavy atom. The van der Waals surface area contributed by atoms with Gasteiger partial charge in [0.2, 0.25) is 0 Å². The fourth-order valence-corrected chi connectivity index (χ4v) is 3.46. The average Bonchev–Trinajstić information content (AvgIpc) is 2.22. The van der Waals surface area contributed by atoms with Gasteiger partial charge < -0.3 is 5.32 Å². The van der Waals surface area contributed by atoms with Crippen molar-refractivity contribution in [2.75, 3.05) is 6.54 Å². The van der Waals surface area contributed by atoms with E-state index in [1.807, 2.05) is 6.92 Å². The Morgan fingerprint density at radius 3 is 2.76 bits per heavy atom. The molecule has 1 unspecified atom stereocenters. The molecule has 0 aromatic heterocycles. The van der Waals surface area contributed by atoms with Crippen molar-refractivity contribution in [2.45, 2.75) is 37.3 Å². The van der Waals surface area contributed by atoms with Gasteiger partial charge in [-0.25, -0.2) is 8.78 Å². The van der Waals surface area contributed by atoms with Crippen molar-refractivity contribution in [3.05, 3.63) is 34.9 Å². The van der Waals surface area contributed by atoms with E-state index in [0.717, 1.165) is 18.2 Å². The SMILES string of the molecule is CCNC1c2c(F)cc(F)cc2CSC1(C)C. The van der Waals surface area contributed by atoms with Crippen LogP contribution in [0.25, 0.3) is 0 Å². The van der Waals surface area contributed by atoms with E-state index >= 15 is 0 Å². The van der Waals surface area contributed by atoms with Gasteiger partial charge in [-0.2, -0.15) is 0 Å². The second-order valence-corrected chi connectivity index (χ2v) is 6.47. The summed E-state index contributed by atoms with van der Waals surface area (Å²) in [5.41, 5.74) is 1.41. The molecule has 4 heteroatoms. The normalized spacial score (nSPS) is 22.3. The Labute approximate surface area is 105 Å². The van der Waals surface area contributed by atoms with Gasteiger partial charge in [-0.05, 0) is 32.0 Å². The van der Waals surface area contributed by atoms with E-state index in [1.54, 1.807) is 11.8 Å². The number of thioether (sulfide) groups is 1. The standard InChI is InChI=1S/C13H17F2NS/c1-4-16-12-11-8(7-17-13(12,2)3)5-9(14)6-10(11)15/h5-6,12,16H,4,7H2,1-3H3. The molecule has 0 aliphatic carbocycles. The van der Waals surface area contributed by atoms with E-state index in [4.69, 9.17) is 0 Å². The van der Waals surface area contributed by atoms with E-state index in [-0.39, 0.29) is 10.8 Å². The van der Waals surface area contributed by atoms with Gasteiger partial charge in [0.1, 0.15) is 11.6 Å². The fourth-order valence-electron chi connectivity index (χ4n) is 2.33. The average molecular weight is 257 g/mol. The van der Waals surface area contributed by atoms with Gasteiger partial charge in [0.25, 0.3) is 0 Å². The zero-order valence-corrected chi connectivity index (χ0v) is 11.1. The molecule has 1 atom stereocenters. The number of benzene rings is 1.